The molecule has 0 amide bonds. The third-order valence-corrected chi connectivity index (χ3v) is 6.71. The van der Waals surface area contributed by atoms with E-state index in [2.05, 4.69) is 71.1 Å². The summed E-state index contributed by atoms with van der Waals surface area (Å²) in [5.41, 5.74) is 2.64. The van der Waals surface area contributed by atoms with Crippen molar-refractivity contribution >= 4 is 22.7 Å². The molecule has 1 aromatic carbocycles. The summed E-state index contributed by atoms with van der Waals surface area (Å²) in [6, 6.07) is 17.2. The van der Waals surface area contributed by atoms with E-state index in [0.29, 0.717) is 11.8 Å². The maximum Gasteiger partial charge on any atom is 0.257 e. The summed E-state index contributed by atoms with van der Waals surface area (Å²) in [5, 5.41) is 16.3. The highest BCUT2D eigenvalue weighted by atomic mass is 32.1. The van der Waals surface area contributed by atoms with Crippen LogP contribution in [-0.2, 0) is 6.42 Å². The summed E-state index contributed by atoms with van der Waals surface area (Å²) >= 11 is 3.36. The number of hydrogen-bond donors (Lipinski definition) is 1. The van der Waals surface area contributed by atoms with Crippen molar-refractivity contribution in [2.45, 2.75) is 45.2 Å². The normalized spacial score (nSPS) is 13.4. The van der Waals surface area contributed by atoms with E-state index in [0.717, 1.165) is 11.3 Å². The van der Waals surface area contributed by atoms with Gasteiger partial charge in [-0.1, -0.05) is 49.7 Å². The minimum atomic E-state index is -0.0666. The minimum absolute atomic E-state index is 0.0666. The first-order chi connectivity index (χ1) is 14.2. The summed E-state index contributed by atoms with van der Waals surface area (Å²) in [5.74, 6) is 1.19. The van der Waals surface area contributed by atoms with Gasteiger partial charge in [0.15, 0.2) is 0 Å². The lowest BCUT2D eigenvalue weighted by Gasteiger charge is -2.21. The van der Waals surface area contributed by atoms with Crippen LogP contribution in [0.5, 0.6) is 0 Å². The minimum Gasteiger partial charge on any atom is -0.418 e. The smallest absolute Gasteiger partial charge is 0.257 e. The van der Waals surface area contributed by atoms with Gasteiger partial charge in [0, 0.05) is 4.88 Å². The number of rotatable bonds is 9. The maximum absolute atomic E-state index is 5.94. The Hall–Kier alpha value is -2.28. The van der Waals surface area contributed by atoms with E-state index in [4.69, 9.17) is 4.42 Å². The molecule has 0 aliphatic rings. The standard InChI is InChI=1S/C23H25N3OS2/c1-3-4-7-17-10-12-18(13-11-17)21(19-8-5-14-28-19)24-16(2)22-25-26-23(27-22)20-9-6-15-29-20/h5-6,8-16,21,24H,3-4,7H2,1-2H3/t16-,21+/m0/s1. The van der Waals surface area contributed by atoms with Crippen LogP contribution in [0.25, 0.3) is 10.8 Å². The van der Waals surface area contributed by atoms with Gasteiger partial charge in [0.1, 0.15) is 0 Å². The van der Waals surface area contributed by atoms with Gasteiger partial charge >= 0.3 is 0 Å². The van der Waals surface area contributed by atoms with E-state index < -0.39 is 0 Å². The van der Waals surface area contributed by atoms with Crippen molar-refractivity contribution in [1.82, 2.24) is 15.5 Å². The second-order valence-electron chi connectivity index (χ2n) is 7.10. The quantitative estimate of drug-likeness (QED) is 0.328. The molecule has 2 atom stereocenters. The second kappa shape index (κ2) is 9.48. The van der Waals surface area contributed by atoms with Gasteiger partial charge in [-0.15, -0.1) is 32.9 Å². The fourth-order valence-corrected chi connectivity index (χ4v) is 4.74. The zero-order valence-electron chi connectivity index (χ0n) is 16.7. The van der Waals surface area contributed by atoms with Crippen LogP contribution >= 0.6 is 22.7 Å². The third kappa shape index (κ3) is 4.83. The van der Waals surface area contributed by atoms with Crippen molar-refractivity contribution in [3.8, 4) is 10.8 Å². The molecule has 0 aliphatic heterocycles. The van der Waals surface area contributed by atoms with E-state index in [1.165, 1.54) is 28.8 Å². The van der Waals surface area contributed by atoms with Crippen LogP contribution in [0, 0.1) is 0 Å². The van der Waals surface area contributed by atoms with Crippen LogP contribution in [0.4, 0.5) is 0 Å². The molecular weight excluding hydrogens is 398 g/mol. The lowest BCUT2D eigenvalue weighted by Crippen LogP contribution is -2.25. The molecule has 0 radical (unpaired) electrons. The molecule has 0 saturated heterocycles. The van der Waals surface area contributed by atoms with Gasteiger partial charge in [-0.05, 0) is 53.8 Å². The average molecular weight is 424 g/mol. The molecule has 0 aliphatic carbocycles. The molecule has 3 heterocycles. The predicted octanol–water partition coefficient (Wildman–Crippen LogP) is 6.64. The molecule has 0 spiro atoms. The summed E-state index contributed by atoms with van der Waals surface area (Å²) in [4.78, 5) is 2.27. The molecule has 0 unspecified atom stereocenters. The Morgan fingerprint density at radius 2 is 1.79 bits per heavy atom. The van der Waals surface area contributed by atoms with Crippen LogP contribution in [0.1, 0.15) is 60.7 Å². The Kier molecular flexibility index (Phi) is 6.54. The molecule has 150 valence electrons. The van der Waals surface area contributed by atoms with E-state index in [1.807, 2.05) is 17.5 Å². The van der Waals surface area contributed by atoms with E-state index in [9.17, 15) is 0 Å². The van der Waals surface area contributed by atoms with Gasteiger partial charge in [-0.2, -0.15) is 0 Å². The number of benzene rings is 1. The van der Waals surface area contributed by atoms with Crippen LogP contribution in [-0.4, -0.2) is 10.2 Å². The van der Waals surface area contributed by atoms with E-state index >= 15 is 0 Å². The Morgan fingerprint density at radius 1 is 1.00 bits per heavy atom. The zero-order valence-corrected chi connectivity index (χ0v) is 18.3. The fourth-order valence-electron chi connectivity index (χ4n) is 3.29. The van der Waals surface area contributed by atoms with Crippen molar-refractivity contribution in [3.63, 3.8) is 0 Å². The molecule has 0 bridgehead atoms. The third-order valence-electron chi connectivity index (χ3n) is 4.92. The van der Waals surface area contributed by atoms with Gasteiger partial charge in [0.05, 0.1) is 17.0 Å². The number of unbranched alkanes of at least 4 members (excludes halogenated alkanes) is 1. The van der Waals surface area contributed by atoms with Gasteiger partial charge in [0.25, 0.3) is 5.89 Å². The molecular formula is C23H25N3OS2. The monoisotopic (exact) mass is 423 g/mol. The summed E-state index contributed by atoms with van der Waals surface area (Å²) in [6.07, 6.45) is 3.58. The molecule has 4 aromatic rings. The first-order valence-electron chi connectivity index (χ1n) is 10.00. The largest absolute Gasteiger partial charge is 0.418 e. The highest BCUT2D eigenvalue weighted by Gasteiger charge is 2.22. The van der Waals surface area contributed by atoms with Crippen molar-refractivity contribution in [2.75, 3.05) is 0 Å². The molecule has 0 saturated carbocycles. The highest BCUT2D eigenvalue weighted by Crippen LogP contribution is 2.30. The van der Waals surface area contributed by atoms with Crippen LogP contribution < -0.4 is 5.32 Å². The van der Waals surface area contributed by atoms with Crippen molar-refractivity contribution in [2.24, 2.45) is 0 Å². The van der Waals surface area contributed by atoms with E-state index in [1.54, 1.807) is 22.7 Å². The number of thiophene rings is 2. The van der Waals surface area contributed by atoms with E-state index in [-0.39, 0.29) is 12.1 Å². The molecule has 3 aromatic heterocycles. The fraction of sp³-hybridized carbons (Fsp3) is 0.304. The van der Waals surface area contributed by atoms with Crippen molar-refractivity contribution in [3.05, 3.63) is 81.2 Å². The summed E-state index contributed by atoms with van der Waals surface area (Å²) in [6.45, 7) is 4.30. The first-order valence-corrected chi connectivity index (χ1v) is 11.8. The van der Waals surface area contributed by atoms with Crippen LogP contribution in [0.15, 0.2) is 63.7 Å². The van der Waals surface area contributed by atoms with Crippen LogP contribution in [0.2, 0.25) is 0 Å². The Bertz CT molecular complexity index is 991. The molecule has 0 fully saturated rings. The van der Waals surface area contributed by atoms with Gasteiger partial charge in [-0.3, -0.25) is 5.32 Å². The van der Waals surface area contributed by atoms with Gasteiger partial charge < -0.3 is 4.42 Å². The Labute approximate surface area is 179 Å². The van der Waals surface area contributed by atoms with Crippen LogP contribution in [0.3, 0.4) is 0 Å². The number of hydrogen-bond acceptors (Lipinski definition) is 6. The Balaban J connectivity index is 1.53. The number of nitrogens with one attached hydrogen (secondary N) is 1. The number of nitrogens with zero attached hydrogens (tertiary/aromatic N) is 2. The Morgan fingerprint density at radius 3 is 2.48 bits per heavy atom. The predicted molar refractivity (Wildman–Crippen MR) is 120 cm³/mol. The zero-order chi connectivity index (χ0) is 20.1. The van der Waals surface area contributed by atoms with Crippen molar-refractivity contribution < 1.29 is 4.42 Å². The molecule has 4 nitrogen and oxygen atoms in total. The average Bonchev–Trinajstić information content (AvgIpc) is 3.51. The van der Waals surface area contributed by atoms with Gasteiger partial charge in [0.2, 0.25) is 5.89 Å². The number of aromatic nitrogens is 2. The summed E-state index contributed by atoms with van der Waals surface area (Å²) < 4.78 is 5.94. The second-order valence-corrected chi connectivity index (χ2v) is 9.03. The molecule has 6 heteroatoms. The SMILES string of the molecule is CCCCc1ccc([C@@H](N[C@@H](C)c2nnc(-c3cccs3)o2)c2cccs2)cc1. The first kappa shape index (κ1) is 20.0. The molecule has 29 heavy (non-hydrogen) atoms. The highest BCUT2D eigenvalue weighted by molar-refractivity contribution is 7.13. The molecule has 4 rings (SSSR count). The molecule has 1 N–H and O–H groups in total. The summed E-state index contributed by atoms with van der Waals surface area (Å²) in [7, 11) is 0. The van der Waals surface area contributed by atoms with Crippen molar-refractivity contribution in [1.29, 1.82) is 0 Å². The number of aryl methyl sites for hydroxylation is 1. The maximum atomic E-state index is 5.94. The van der Waals surface area contributed by atoms with Gasteiger partial charge in [-0.25, -0.2) is 0 Å². The topological polar surface area (TPSA) is 51.0 Å². The lowest BCUT2D eigenvalue weighted by molar-refractivity contribution is 0.405. The lowest BCUT2D eigenvalue weighted by atomic mass is 10.0.